The van der Waals surface area contributed by atoms with Gasteiger partial charge in [-0.2, -0.15) is 0 Å². The lowest BCUT2D eigenvalue weighted by atomic mass is 10.2. The van der Waals surface area contributed by atoms with Crippen LogP contribution in [0.5, 0.6) is 0 Å². The second kappa shape index (κ2) is 4.09. The van der Waals surface area contributed by atoms with Crippen molar-refractivity contribution in [3.8, 4) is 0 Å². The third-order valence-electron chi connectivity index (χ3n) is 1.62. The van der Waals surface area contributed by atoms with E-state index >= 15 is 0 Å². The van der Waals surface area contributed by atoms with E-state index in [0.717, 1.165) is 5.56 Å². The van der Waals surface area contributed by atoms with Crippen LogP contribution in [0, 0.1) is 0 Å². The number of halogens is 1. The average Bonchev–Trinajstić information content (AvgIpc) is 2.04. The van der Waals surface area contributed by atoms with Crippen molar-refractivity contribution < 1.29 is 8.42 Å². The van der Waals surface area contributed by atoms with Crippen molar-refractivity contribution in [3.05, 3.63) is 29.8 Å². The Balaban J connectivity index is 2.94. The SMILES string of the molecule is CS(=O)(=O)c1ccc(CNCl)cc1. The Labute approximate surface area is 82.8 Å². The minimum atomic E-state index is -3.09. The van der Waals surface area contributed by atoms with Crippen molar-refractivity contribution in [2.24, 2.45) is 0 Å². The van der Waals surface area contributed by atoms with Crippen molar-refractivity contribution in [3.63, 3.8) is 0 Å². The molecule has 72 valence electrons. The van der Waals surface area contributed by atoms with Gasteiger partial charge in [0.2, 0.25) is 0 Å². The van der Waals surface area contributed by atoms with Crippen LogP contribution < -0.4 is 4.84 Å². The molecule has 0 bridgehead atoms. The van der Waals surface area contributed by atoms with Gasteiger partial charge in [0.1, 0.15) is 0 Å². The van der Waals surface area contributed by atoms with Crippen LogP contribution in [0.15, 0.2) is 29.2 Å². The maximum atomic E-state index is 11.1. The lowest BCUT2D eigenvalue weighted by Gasteiger charge is -2.00. The third-order valence-corrected chi connectivity index (χ3v) is 2.88. The molecule has 0 amide bonds. The zero-order valence-corrected chi connectivity index (χ0v) is 8.69. The smallest absolute Gasteiger partial charge is 0.175 e. The van der Waals surface area contributed by atoms with Crippen LogP contribution in [0.1, 0.15) is 5.56 Å². The van der Waals surface area contributed by atoms with E-state index in [-0.39, 0.29) is 0 Å². The maximum absolute atomic E-state index is 11.1. The summed E-state index contributed by atoms with van der Waals surface area (Å²) in [5.41, 5.74) is 0.947. The summed E-state index contributed by atoms with van der Waals surface area (Å²) in [5.74, 6) is 0. The van der Waals surface area contributed by atoms with Gasteiger partial charge in [0.25, 0.3) is 0 Å². The van der Waals surface area contributed by atoms with Gasteiger partial charge in [-0.3, -0.25) is 0 Å². The van der Waals surface area contributed by atoms with Gasteiger partial charge in [0, 0.05) is 12.8 Å². The largest absolute Gasteiger partial charge is 0.229 e. The van der Waals surface area contributed by atoms with Crippen molar-refractivity contribution >= 4 is 21.6 Å². The Morgan fingerprint density at radius 2 is 1.85 bits per heavy atom. The van der Waals surface area contributed by atoms with Crippen LogP contribution in [0.2, 0.25) is 0 Å². The van der Waals surface area contributed by atoms with Crippen molar-refractivity contribution in [1.29, 1.82) is 0 Å². The van der Waals surface area contributed by atoms with E-state index in [1.807, 2.05) is 0 Å². The zero-order chi connectivity index (χ0) is 9.90. The molecule has 0 fully saturated rings. The van der Waals surface area contributed by atoms with E-state index in [2.05, 4.69) is 4.84 Å². The van der Waals surface area contributed by atoms with Gasteiger partial charge in [0.05, 0.1) is 4.90 Å². The normalized spacial score (nSPS) is 11.5. The van der Waals surface area contributed by atoms with Gasteiger partial charge in [-0.15, -0.1) is 0 Å². The second-order valence-corrected chi connectivity index (χ2v) is 5.01. The highest BCUT2D eigenvalue weighted by molar-refractivity contribution is 7.90. The van der Waals surface area contributed by atoms with E-state index in [4.69, 9.17) is 11.8 Å². The summed E-state index contributed by atoms with van der Waals surface area (Å²) in [7, 11) is -3.09. The molecule has 1 aromatic rings. The highest BCUT2D eigenvalue weighted by atomic mass is 35.5. The highest BCUT2D eigenvalue weighted by Gasteiger charge is 2.05. The van der Waals surface area contributed by atoms with Gasteiger partial charge in [-0.25, -0.2) is 13.3 Å². The summed E-state index contributed by atoms with van der Waals surface area (Å²) in [6.07, 6.45) is 1.18. The molecule has 1 rings (SSSR count). The Bertz CT molecular complexity index is 372. The minimum absolute atomic E-state index is 0.325. The fourth-order valence-corrected chi connectivity index (χ4v) is 1.72. The fraction of sp³-hybridized carbons (Fsp3) is 0.250. The zero-order valence-electron chi connectivity index (χ0n) is 7.12. The molecule has 0 radical (unpaired) electrons. The molecular formula is C8H10ClNO2S. The molecule has 0 aliphatic heterocycles. The van der Waals surface area contributed by atoms with Crippen LogP contribution in [-0.2, 0) is 16.4 Å². The number of benzene rings is 1. The van der Waals surface area contributed by atoms with Crippen LogP contribution in [0.25, 0.3) is 0 Å². The third kappa shape index (κ3) is 2.99. The quantitative estimate of drug-likeness (QED) is 0.781. The monoisotopic (exact) mass is 219 g/mol. The van der Waals surface area contributed by atoms with E-state index in [0.29, 0.717) is 11.4 Å². The lowest BCUT2D eigenvalue weighted by molar-refractivity contribution is 0.602. The minimum Gasteiger partial charge on any atom is -0.229 e. The number of rotatable bonds is 3. The van der Waals surface area contributed by atoms with Crippen molar-refractivity contribution in [2.45, 2.75) is 11.4 Å². The first-order valence-corrected chi connectivity index (χ1v) is 5.93. The Kier molecular flexibility index (Phi) is 3.30. The Morgan fingerprint density at radius 3 is 2.23 bits per heavy atom. The van der Waals surface area contributed by atoms with Crippen molar-refractivity contribution in [1.82, 2.24) is 4.84 Å². The fourth-order valence-electron chi connectivity index (χ4n) is 0.932. The summed E-state index contributed by atoms with van der Waals surface area (Å²) in [4.78, 5) is 2.79. The lowest BCUT2D eigenvalue weighted by Crippen LogP contribution is -2.00. The molecular weight excluding hydrogens is 210 g/mol. The summed E-state index contributed by atoms with van der Waals surface area (Å²) < 4.78 is 22.1. The summed E-state index contributed by atoms with van der Waals surface area (Å²) in [6, 6.07) is 6.59. The first-order valence-electron chi connectivity index (χ1n) is 3.66. The molecule has 0 aromatic heterocycles. The highest BCUT2D eigenvalue weighted by Crippen LogP contribution is 2.09. The van der Waals surface area contributed by atoms with Gasteiger partial charge < -0.3 is 0 Å². The summed E-state index contributed by atoms with van der Waals surface area (Å²) in [5, 5.41) is 0. The molecule has 0 heterocycles. The molecule has 13 heavy (non-hydrogen) atoms. The number of hydrogen-bond donors (Lipinski definition) is 1. The predicted molar refractivity (Wildman–Crippen MR) is 52.2 cm³/mol. The first kappa shape index (κ1) is 10.5. The van der Waals surface area contributed by atoms with Crippen LogP contribution in [-0.4, -0.2) is 14.7 Å². The van der Waals surface area contributed by atoms with E-state index in [1.165, 1.54) is 6.26 Å². The molecule has 0 spiro atoms. The topological polar surface area (TPSA) is 46.2 Å². The first-order chi connectivity index (χ1) is 6.04. The van der Waals surface area contributed by atoms with E-state index in [9.17, 15) is 8.42 Å². The van der Waals surface area contributed by atoms with Crippen LogP contribution in [0.4, 0.5) is 0 Å². The van der Waals surface area contributed by atoms with Gasteiger partial charge >= 0.3 is 0 Å². The molecule has 0 atom stereocenters. The molecule has 0 aliphatic carbocycles. The summed E-state index contributed by atoms with van der Waals surface area (Å²) in [6.45, 7) is 0.519. The van der Waals surface area contributed by atoms with E-state index < -0.39 is 9.84 Å². The Hall–Kier alpha value is -0.580. The maximum Gasteiger partial charge on any atom is 0.175 e. The van der Waals surface area contributed by atoms with Gasteiger partial charge in [-0.1, -0.05) is 12.1 Å². The molecule has 1 N–H and O–H groups in total. The molecule has 5 heteroatoms. The average molecular weight is 220 g/mol. The van der Waals surface area contributed by atoms with Crippen LogP contribution >= 0.6 is 11.8 Å². The van der Waals surface area contributed by atoms with Crippen molar-refractivity contribution in [2.75, 3.05) is 6.26 Å². The van der Waals surface area contributed by atoms with Gasteiger partial charge in [-0.05, 0) is 29.5 Å². The van der Waals surface area contributed by atoms with Crippen LogP contribution in [0.3, 0.4) is 0 Å². The molecule has 0 saturated heterocycles. The Morgan fingerprint density at radius 1 is 1.31 bits per heavy atom. The number of hydrogen-bond acceptors (Lipinski definition) is 3. The second-order valence-electron chi connectivity index (χ2n) is 2.73. The molecule has 1 aromatic carbocycles. The number of nitrogens with one attached hydrogen (secondary N) is 1. The molecule has 0 saturated carbocycles. The van der Waals surface area contributed by atoms with E-state index in [1.54, 1.807) is 24.3 Å². The molecule has 3 nitrogen and oxygen atoms in total. The number of sulfone groups is 1. The standard InChI is InChI=1S/C8H10ClNO2S/c1-13(11,12)8-4-2-7(3-5-8)6-10-9/h2-5,10H,6H2,1H3. The summed E-state index contributed by atoms with van der Waals surface area (Å²) >= 11 is 5.30. The predicted octanol–water partition coefficient (Wildman–Crippen LogP) is 1.33. The molecule has 0 unspecified atom stereocenters. The molecule has 0 aliphatic rings. The van der Waals surface area contributed by atoms with Gasteiger partial charge in [0.15, 0.2) is 9.84 Å².